The Morgan fingerprint density at radius 1 is 1.35 bits per heavy atom. The third-order valence-corrected chi connectivity index (χ3v) is 3.89. The smallest absolute Gasteiger partial charge is 0.223 e. The maximum atomic E-state index is 11.9. The largest absolute Gasteiger partial charge is 0.354 e. The first-order valence-electron chi connectivity index (χ1n) is 6.46. The van der Waals surface area contributed by atoms with Gasteiger partial charge in [-0.05, 0) is 52.4 Å². The van der Waals surface area contributed by atoms with Crippen LogP contribution in [-0.2, 0) is 4.79 Å². The zero-order chi connectivity index (χ0) is 11.4. The number of nitrogens with zero attached hydrogens (tertiary/aromatic N) is 1. The van der Waals surface area contributed by atoms with E-state index < -0.39 is 0 Å². The van der Waals surface area contributed by atoms with Gasteiger partial charge in [-0.25, -0.2) is 0 Å². The lowest BCUT2D eigenvalue weighted by molar-refractivity contribution is -0.125. The Morgan fingerprint density at radius 2 is 2.06 bits per heavy atom. The van der Waals surface area contributed by atoms with E-state index in [-0.39, 0.29) is 24.2 Å². The molecule has 2 N–H and O–H groups in total. The molecule has 1 atom stereocenters. The van der Waals surface area contributed by atoms with Crippen molar-refractivity contribution in [2.45, 2.75) is 31.7 Å². The molecule has 1 amide bonds. The molecule has 100 valence electrons. The van der Waals surface area contributed by atoms with Crippen molar-refractivity contribution in [3.8, 4) is 0 Å². The molecule has 2 fully saturated rings. The summed E-state index contributed by atoms with van der Waals surface area (Å²) < 4.78 is 0. The van der Waals surface area contributed by atoms with Crippen LogP contribution in [0.4, 0.5) is 0 Å². The quantitative estimate of drug-likeness (QED) is 0.783. The number of halogens is 1. The van der Waals surface area contributed by atoms with Crippen molar-refractivity contribution >= 4 is 18.3 Å². The van der Waals surface area contributed by atoms with Crippen LogP contribution in [0.2, 0.25) is 0 Å². The molecule has 0 saturated carbocycles. The molecule has 0 aromatic rings. The number of carbonyl (C=O) groups is 1. The summed E-state index contributed by atoms with van der Waals surface area (Å²) in [7, 11) is 2.15. The van der Waals surface area contributed by atoms with Crippen LogP contribution in [0.15, 0.2) is 0 Å². The van der Waals surface area contributed by atoms with Gasteiger partial charge in [-0.1, -0.05) is 0 Å². The molecule has 2 heterocycles. The fraction of sp³-hybridized carbons (Fsp3) is 0.917. The number of carbonyl (C=O) groups excluding carboxylic acids is 1. The molecule has 17 heavy (non-hydrogen) atoms. The molecule has 0 spiro atoms. The lowest BCUT2D eigenvalue weighted by Gasteiger charge is -2.24. The van der Waals surface area contributed by atoms with Gasteiger partial charge in [-0.2, -0.15) is 0 Å². The third kappa shape index (κ3) is 4.12. The van der Waals surface area contributed by atoms with Gasteiger partial charge in [0.2, 0.25) is 5.91 Å². The van der Waals surface area contributed by atoms with Crippen molar-refractivity contribution in [1.82, 2.24) is 15.5 Å². The van der Waals surface area contributed by atoms with Crippen molar-refractivity contribution in [2.75, 3.05) is 33.2 Å². The lowest BCUT2D eigenvalue weighted by Crippen LogP contribution is -2.43. The molecular weight excluding hydrogens is 238 g/mol. The molecular formula is C12H24ClN3O. The minimum Gasteiger partial charge on any atom is -0.354 e. The summed E-state index contributed by atoms with van der Waals surface area (Å²) in [4.78, 5) is 14.3. The highest BCUT2D eigenvalue weighted by Gasteiger charge is 2.24. The van der Waals surface area contributed by atoms with E-state index in [2.05, 4.69) is 22.6 Å². The number of nitrogens with one attached hydrogen (secondary N) is 2. The van der Waals surface area contributed by atoms with Crippen LogP contribution in [0, 0.1) is 5.92 Å². The number of rotatable bonds is 3. The Bertz CT molecular complexity index is 244. The molecule has 4 nitrogen and oxygen atoms in total. The van der Waals surface area contributed by atoms with Gasteiger partial charge in [0.1, 0.15) is 0 Å². The van der Waals surface area contributed by atoms with Crippen LogP contribution in [0.3, 0.4) is 0 Å². The molecule has 0 bridgehead atoms. The minimum atomic E-state index is 0. The van der Waals surface area contributed by atoms with E-state index >= 15 is 0 Å². The molecule has 0 aliphatic carbocycles. The van der Waals surface area contributed by atoms with Crippen LogP contribution in [-0.4, -0.2) is 50.1 Å². The average molecular weight is 262 g/mol. The van der Waals surface area contributed by atoms with Gasteiger partial charge < -0.3 is 15.5 Å². The summed E-state index contributed by atoms with van der Waals surface area (Å²) in [6.07, 6.45) is 4.48. The Balaban J connectivity index is 0.00000144. The Kier molecular flexibility index (Phi) is 6.23. The van der Waals surface area contributed by atoms with Crippen molar-refractivity contribution < 1.29 is 4.79 Å². The number of likely N-dealkylation sites (N-methyl/N-ethyl adjacent to an activating group) is 1. The zero-order valence-electron chi connectivity index (χ0n) is 10.6. The summed E-state index contributed by atoms with van der Waals surface area (Å²) in [5.74, 6) is 0.509. The van der Waals surface area contributed by atoms with Gasteiger partial charge >= 0.3 is 0 Å². The minimum absolute atomic E-state index is 0. The maximum Gasteiger partial charge on any atom is 0.223 e. The lowest BCUT2D eigenvalue weighted by atomic mass is 9.97. The predicted molar refractivity (Wildman–Crippen MR) is 71.5 cm³/mol. The molecule has 2 aliphatic rings. The predicted octanol–water partition coefficient (Wildman–Crippen LogP) is 0.618. The van der Waals surface area contributed by atoms with Crippen LogP contribution >= 0.6 is 12.4 Å². The molecule has 0 aromatic heterocycles. The van der Waals surface area contributed by atoms with Crippen LogP contribution in [0.1, 0.15) is 25.7 Å². The summed E-state index contributed by atoms with van der Waals surface area (Å²) in [5, 5.41) is 6.40. The van der Waals surface area contributed by atoms with Crippen molar-refractivity contribution in [1.29, 1.82) is 0 Å². The van der Waals surface area contributed by atoms with E-state index in [1.165, 1.54) is 19.4 Å². The zero-order valence-corrected chi connectivity index (χ0v) is 11.4. The van der Waals surface area contributed by atoms with Crippen LogP contribution in [0.5, 0.6) is 0 Å². The van der Waals surface area contributed by atoms with E-state index in [0.717, 1.165) is 32.5 Å². The Morgan fingerprint density at radius 3 is 2.65 bits per heavy atom. The highest BCUT2D eigenvalue weighted by Crippen LogP contribution is 2.15. The number of piperidine rings is 1. The standard InChI is InChI=1S/C12H23N3O.ClH/c1-15-8-2-3-11(15)9-14-12(16)10-4-6-13-7-5-10;/h10-11,13H,2-9H2,1H3,(H,14,16);1H. The summed E-state index contributed by atoms with van der Waals surface area (Å²) in [6, 6.07) is 0.561. The van der Waals surface area contributed by atoms with Gasteiger partial charge in [0.05, 0.1) is 0 Å². The number of likely N-dealkylation sites (tertiary alicyclic amines) is 1. The molecule has 2 aliphatic heterocycles. The Labute approximate surface area is 110 Å². The van der Waals surface area contributed by atoms with E-state index in [1.54, 1.807) is 0 Å². The third-order valence-electron chi connectivity index (χ3n) is 3.89. The second kappa shape index (κ2) is 7.19. The molecule has 5 heteroatoms. The highest BCUT2D eigenvalue weighted by molar-refractivity contribution is 5.85. The van der Waals surface area contributed by atoms with Crippen LogP contribution in [0.25, 0.3) is 0 Å². The first kappa shape index (κ1) is 14.7. The first-order chi connectivity index (χ1) is 7.77. The summed E-state index contributed by atoms with van der Waals surface area (Å²) in [5.41, 5.74) is 0. The molecule has 2 rings (SSSR count). The molecule has 0 radical (unpaired) electrons. The van der Waals surface area contributed by atoms with Gasteiger partial charge in [0, 0.05) is 18.5 Å². The first-order valence-corrected chi connectivity index (χ1v) is 6.46. The SMILES string of the molecule is CN1CCCC1CNC(=O)C1CCNCC1.Cl. The highest BCUT2D eigenvalue weighted by atomic mass is 35.5. The number of amides is 1. The summed E-state index contributed by atoms with van der Waals surface area (Å²) in [6.45, 7) is 3.98. The van der Waals surface area contributed by atoms with Crippen LogP contribution < -0.4 is 10.6 Å². The van der Waals surface area contributed by atoms with Gasteiger partial charge in [-0.15, -0.1) is 12.4 Å². The van der Waals surface area contributed by atoms with Gasteiger partial charge in [0.15, 0.2) is 0 Å². The molecule has 0 aromatic carbocycles. The van der Waals surface area contributed by atoms with Gasteiger partial charge in [0.25, 0.3) is 0 Å². The number of hydrogen-bond donors (Lipinski definition) is 2. The maximum absolute atomic E-state index is 11.9. The second-order valence-corrected chi connectivity index (χ2v) is 5.05. The van der Waals surface area contributed by atoms with E-state index in [0.29, 0.717) is 6.04 Å². The van der Waals surface area contributed by atoms with Crippen molar-refractivity contribution in [2.24, 2.45) is 5.92 Å². The molecule has 2 saturated heterocycles. The average Bonchev–Trinajstić information content (AvgIpc) is 2.73. The molecule has 1 unspecified atom stereocenters. The number of hydrogen-bond acceptors (Lipinski definition) is 3. The second-order valence-electron chi connectivity index (χ2n) is 5.05. The normalized spacial score (nSPS) is 26.5. The van der Waals surface area contributed by atoms with E-state index in [9.17, 15) is 4.79 Å². The fourth-order valence-electron chi connectivity index (χ4n) is 2.68. The Hall–Kier alpha value is -0.320. The fourth-order valence-corrected chi connectivity index (χ4v) is 2.68. The monoisotopic (exact) mass is 261 g/mol. The van der Waals surface area contributed by atoms with E-state index in [4.69, 9.17) is 0 Å². The topological polar surface area (TPSA) is 44.4 Å². The summed E-state index contributed by atoms with van der Waals surface area (Å²) >= 11 is 0. The van der Waals surface area contributed by atoms with Crippen molar-refractivity contribution in [3.05, 3.63) is 0 Å². The van der Waals surface area contributed by atoms with E-state index in [1.807, 2.05) is 0 Å². The van der Waals surface area contributed by atoms with Crippen molar-refractivity contribution in [3.63, 3.8) is 0 Å². The van der Waals surface area contributed by atoms with Gasteiger partial charge in [-0.3, -0.25) is 4.79 Å².